The van der Waals surface area contributed by atoms with E-state index in [1.807, 2.05) is 0 Å². The van der Waals surface area contributed by atoms with E-state index in [0.717, 1.165) is 0 Å². The SMILES string of the molecule is O=C1C[C@@H](O)[C@@H](CBr)O1. The predicted molar refractivity (Wildman–Crippen MR) is 34.3 cm³/mol. The number of carbonyl (C=O) groups is 1. The Bertz CT molecular complexity index is 125. The Morgan fingerprint density at radius 1 is 1.89 bits per heavy atom. The van der Waals surface area contributed by atoms with Crippen LogP contribution in [0.3, 0.4) is 0 Å². The summed E-state index contributed by atoms with van der Waals surface area (Å²) in [6.45, 7) is 0. The van der Waals surface area contributed by atoms with Crippen LogP contribution in [0.4, 0.5) is 0 Å². The molecule has 1 aliphatic rings. The van der Waals surface area contributed by atoms with Crippen molar-refractivity contribution in [3.8, 4) is 0 Å². The van der Waals surface area contributed by atoms with Gasteiger partial charge in [-0.25, -0.2) is 0 Å². The minimum atomic E-state index is -0.614. The lowest BCUT2D eigenvalue weighted by molar-refractivity contribution is -0.140. The Kier molecular flexibility index (Phi) is 2.08. The fourth-order valence-electron chi connectivity index (χ4n) is 0.732. The highest BCUT2D eigenvalue weighted by atomic mass is 79.9. The lowest BCUT2D eigenvalue weighted by atomic mass is 10.2. The van der Waals surface area contributed by atoms with Gasteiger partial charge in [-0.05, 0) is 0 Å². The number of halogens is 1. The van der Waals surface area contributed by atoms with Gasteiger partial charge in [0.1, 0.15) is 12.2 Å². The summed E-state index contributed by atoms with van der Waals surface area (Å²) in [6, 6.07) is 0. The lowest BCUT2D eigenvalue weighted by Crippen LogP contribution is -2.21. The number of cyclic esters (lactones) is 1. The molecule has 0 amide bonds. The molecule has 0 aliphatic carbocycles. The highest BCUT2D eigenvalue weighted by Gasteiger charge is 2.31. The molecular weight excluding hydrogens is 188 g/mol. The summed E-state index contributed by atoms with van der Waals surface area (Å²) in [5.74, 6) is -0.313. The van der Waals surface area contributed by atoms with Crippen LogP contribution in [-0.2, 0) is 9.53 Å². The van der Waals surface area contributed by atoms with E-state index in [4.69, 9.17) is 5.11 Å². The van der Waals surface area contributed by atoms with E-state index in [-0.39, 0.29) is 18.5 Å². The molecule has 0 aromatic rings. The minimum Gasteiger partial charge on any atom is -0.459 e. The summed E-state index contributed by atoms with van der Waals surface area (Å²) in [6.07, 6.45) is -0.814. The monoisotopic (exact) mass is 194 g/mol. The van der Waals surface area contributed by atoms with Crippen molar-refractivity contribution >= 4 is 21.9 Å². The molecule has 9 heavy (non-hydrogen) atoms. The number of rotatable bonds is 1. The molecule has 1 N–H and O–H groups in total. The van der Waals surface area contributed by atoms with Crippen molar-refractivity contribution < 1.29 is 14.6 Å². The molecule has 0 aromatic carbocycles. The molecule has 0 aromatic heterocycles. The first kappa shape index (κ1) is 7.02. The van der Waals surface area contributed by atoms with Crippen LogP contribution in [0.1, 0.15) is 6.42 Å². The number of aliphatic hydroxyl groups is 1. The fraction of sp³-hybridized carbons (Fsp3) is 0.800. The fourth-order valence-corrected chi connectivity index (χ4v) is 1.30. The first-order valence-corrected chi connectivity index (χ1v) is 3.79. The van der Waals surface area contributed by atoms with Crippen LogP contribution in [-0.4, -0.2) is 28.6 Å². The third-order valence-electron chi connectivity index (χ3n) is 1.24. The number of alkyl halides is 1. The molecule has 52 valence electrons. The normalized spacial score (nSPS) is 34.7. The Hall–Kier alpha value is -0.0900. The first-order chi connectivity index (χ1) is 4.24. The van der Waals surface area contributed by atoms with E-state index in [2.05, 4.69) is 20.7 Å². The van der Waals surface area contributed by atoms with Gasteiger partial charge < -0.3 is 9.84 Å². The number of aliphatic hydroxyl groups excluding tert-OH is 1. The maximum Gasteiger partial charge on any atom is 0.308 e. The summed E-state index contributed by atoms with van der Waals surface area (Å²) in [5.41, 5.74) is 0. The third kappa shape index (κ3) is 1.43. The molecule has 2 atom stereocenters. The van der Waals surface area contributed by atoms with Crippen LogP contribution in [0.2, 0.25) is 0 Å². The molecule has 4 heteroatoms. The summed E-state index contributed by atoms with van der Waals surface area (Å²) in [5, 5.41) is 9.50. The van der Waals surface area contributed by atoms with Crippen molar-refractivity contribution in [2.45, 2.75) is 18.6 Å². The molecule has 1 heterocycles. The second-order valence-electron chi connectivity index (χ2n) is 1.95. The summed E-state index contributed by atoms with van der Waals surface area (Å²) in [4.78, 5) is 10.4. The molecule has 0 saturated carbocycles. The molecule has 0 unspecified atom stereocenters. The number of ether oxygens (including phenoxy) is 1. The smallest absolute Gasteiger partial charge is 0.308 e. The van der Waals surface area contributed by atoms with E-state index in [1.165, 1.54) is 0 Å². The van der Waals surface area contributed by atoms with Gasteiger partial charge in [0.2, 0.25) is 0 Å². The van der Waals surface area contributed by atoms with Gasteiger partial charge in [-0.3, -0.25) is 4.79 Å². The first-order valence-electron chi connectivity index (χ1n) is 2.67. The van der Waals surface area contributed by atoms with Crippen LogP contribution in [0.25, 0.3) is 0 Å². The van der Waals surface area contributed by atoms with E-state index in [0.29, 0.717) is 5.33 Å². The van der Waals surface area contributed by atoms with Crippen molar-refractivity contribution in [2.75, 3.05) is 5.33 Å². The molecule has 1 saturated heterocycles. The second-order valence-corrected chi connectivity index (χ2v) is 2.60. The number of hydrogen-bond donors (Lipinski definition) is 1. The van der Waals surface area contributed by atoms with Crippen LogP contribution in [0.15, 0.2) is 0 Å². The zero-order valence-electron chi connectivity index (χ0n) is 4.71. The topological polar surface area (TPSA) is 46.5 Å². The summed E-state index contributed by atoms with van der Waals surface area (Å²) in [7, 11) is 0. The predicted octanol–water partition coefficient (Wildman–Crippen LogP) is 0.0577. The Balaban J connectivity index is 2.47. The number of carbonyl (C=O) groups excluding carboxylic acids is 1. The van der Waals surface area contributed by atoms with Crippen molar-refractivity contribution in [2.24, 2.45) is 0 Å². The van der Waals surface area contributed by atoms with Crippen molar-refractivity contribution in [1.29, 1.82) is 0 Å². The quantitative estimate of drug-likeness (QED) is 0.475. The standard InChI is InChI=1S/C5H7BrO3/c6-2-4-3(7)1-5(8)9-4/h3-4,7H,1-2H2/t3-,4-/m1/s1. The largest absolute Gasteiger partial charge is 0.459 e. The van der Waals surface area contributed by atoms with Crippen molar-refractivity contribution in [3.05, 3.63) is 0 Å². The zero-order chi connectivity index (χ0) is 6.85. The molecule has 3 nitrogen and oxygen atoms in total. The molecule has 0 spiro atoms. The van der Waals surface area contributed by atoms with Gasteiger partial charge in [-0.15, -0.1) is 0 Å². The van der Waals surface area contributed by atoms with Crippen LogP contribution < -0.4 is 0 Å². The van der Waals surface area contributed by atoms with E-state index < -0.39 is 6.10 Å². The van der Waals surface area contributed by atoms with Gasteiger partial charge in [0.25, 0.3) is 0 Å². The van der Waals surface area contributed by atoms with Crippen LogP contribution in [0, 0.1) is 0 Å². The molecule has 1 fully saturated rings. The second kappa shape index (κ2) is 2.66. The Morgan fingerprint density at radius 3 is 2.78 bits per heavy atom. The zero-order valence-corrected chi connectivity index (χ0v) is 6.30. The molecule has 1 rings (SSSR count). The van der Waals surface area contributed by atoms with E-state index in [9.17, 15) is 4.79 Å². The van der Waals surface area contributed by atoms with Crippen LogP contribution in [0.5, 0.6) is 0 Å². The van der Waals surface area contributed by atoms with Gasteiger partial charge in [0, 0.05) is 5.33 Å². The van der Waals surface area contributed by atoms with Crippen LogP contribution >= 0.6 is 15.9 Å². The Labute approximate surface area is 61.1 Å². The molecule has 0 bridgehead atoms. The third-order valence-corrected chi connectivity index (χ3v) is 1.88. The highest BCUT2D eigenvalue weighted by Crippen LogP contribution is 2.15. The van der Waals surface area contributed by atoms with Gasteiger partial charge in [-0.1, -0.05) is 15.9 Å². The molecule has 1 aliphatic heterocycles. The van der Waals surface area contributed by atoms with E-state index in [1.54, 1.807) is 0 Å². The average molecular weight is 195 g/mol. The van der Waals surface area contributed by atoms with Gasteiger partial charge in [-0.2, -0.15) is 0 Å². The van der Waals surface area contributed by atoms with E-state index >= 15 is 0 Å². The average Bonchev–Trinajstić information content (AvgIpc) is 2.10. The van der Waals surface area contributed by atoms with Gasteiger partial charge >= 0.3 is 5.97 Å². The summed E-state index contributed by atoms with van der Waals surface area (Å²) < 4.78 is 4.69. The lowest BCUT2D eigenvalue weighted by Gasteiger charge is -2.06. The van der Waals surface area contributed by atoms with Gasteiger partial charge in [0.15, 0.2) is 0 Å². The highest BCUT2D eigenvalue weighted by molar-refractivity contribution is 9.09. The summed E-state index contributed by atoms with van der Waals surface area (Å²) >= 11 is 3.11. The minimum absolute atomic E-state index is 0.135. The molecular formula is C5H7BrO3. The number of hydrogen-bond acceptors (Lipinski definition) is 3. The number of esters is 1. The molecule has 0 radical (unpaired) electrons. The Morgan fingerprint density at radius 2 is 2.56 bits per heavy atom. The van der Waals surface area contributed by atoms with Crippen molar-refractivity contribution in [3.63, 3.8) is 0 Å². The maximum atomic E-state index is 10.4. The maximum absolute atomic E-state index is 10.4. The van der Waals surface area contributed by atoms with Crippen molar-refractivity contribution in [1.82, 2.24) is 0 Å². The van der Waals surface area contributed by atoms with Gasteiger partial charge in [0.05, 0.1) is 6.42 Å².